The zero-order valence-corrected chi connectivity index (χ0v) is 24.5. The number of rotatable bonds is 12. The molecule has 0 spiro atoms. The van der Waals surface area contributed by atoms with Gasteiger partial charge >= 0.3 is 5.97 Å². The standard InChI is InChI=1S/C31H36N2O6S/c1-6-10-17-39-23-14-11-21(12-15-23)18-26-29(34)33-28(22-13-16-24(36-7-2)25(19-22)37-8-3)27(30(35)38-9-4)20(5)32-31(33)40-26/h11-16,18-19,31H,6-10,17H2,1-5H3. The number of hydrogen-bond donors (Lipinski definition) is 0. The van der Waals surface area contributed by atoms with Gasteiger partial charge in [-0.1, -0.05) is 37.2 Å². The lowest BCUT2D eigenvalue weighted by Gasteiger charge is -2.30. The molecule has 0 radical (unpaired) electrons. The Hall–Kier alpha value is -3.72. The highest BCUT2D eigenvalue weighted by Crippen LogP contribution is 2.46. The van der Waals surface area contributed by atoms with Crippen molar-refractivity contribution in [1.29, 1.82) is 0 Å². The summed E-state index contributed by atoms with van der Waals surface area (Å²) in [4.78, 5) is 33.9. The van der Waals surface area contributed by atoms with E-state index in [1.165, 1.54) is 11.8 Å². The Morgan fingerprint density at radius 3 is 2.38 bits per heavy atom. The molecule has 0 saturated carbocycles. The van der Waals surface area contributed by atoms with Crippen LogP contribution in [0, 0.1) is 0 Å². The monoisotopic (exact) mass is 564 g/mol. The number of aliphatic imine (C=N–C) groups is 1. The molecule has 2 aromatic rings. The molecule has 9 heteroatoms. The van der Waals surface area contributed by atoms with Crippen LogP contribution < -0.4 is 14.2 Å². The summed E-state index contributed by atoms with van der Waals surface area (Å²) in [5, 5.41) is 0. The molecule has 2 aromatic carbocycles. The average molecular weight is 565 g/mol. The van der Waals surface area contributed by atoms with Crippen molar-refractivity contribution >= 4 is 41.1 Å². The first-order valence-corrected chi connectivity index (χ1v) is 14.6. The topological polar surface area (TPSA) is 86.7 Å². The van der Waals surface area contributed by atoms with Crippen LogP contribution in [-0.4, -0.2) is 54.4 Å². The van der Waals surface area contributed by atoms with Gasteiger partial charge in [-0.25, -0.2) is 4.79 Å². The third-order valence-corrected chi connectivity index (χ3v) is 7.34. The number of fused-ring (bicyclic) bond motifs is 1. The van der Waals surface area contributed by atoms with Gasteiger partial charge in [-0.05, 0) is 76.1 Å². The molecule has 4 rings (SSSR count). The summed E-state index contributed by atoms with van der Waals surface area (Å²) in [5.41, 5.74) is 2.17. The van der Waals surface area contributed by atoms with Crippen LogP contribution in [0.4, 0.5) is 0 Å². The second kappa shape index (κ2) is 13.6. The number of carbonyl (C=O) groups excluding carboxylic acids is 2. The van der Waals surface area contributed by atoms with Crippen molar-refractivity contribution in [1.82, 2.24) is 4.90 Å². The van der Waals surface area contributed by atoms with Gasteiger partial charge in [-0.3, -0.25) is 14.7 Å². The summed E-state index contributed by atoms with van der Waals surface area (Å²) in [5.74, 6) is 1.15. The largest absolute Gasteiger partial charge is 0.494 e. The number of esters is 1. The van der Waals surface area contributed by atoms with E-state index in [1.807, 2.05) is 50.3 Å². The molecule has 1 amide bonds. The number of carbonyl (C=O) groups is 2. The van der Waals surface area contributed by atoms with Crippen molar-refractivity contribution < 1.29 is 28.5 Å². The van der Waals surface area contributed by atoms with E-state index in [0.29, 0.717) is 53.2 Å². The second-order valence-electron chi connectivity index (χ2n) is 9.09. The Labute approximate surface area is 240 Å². The molecule has 2 heterocycles. The van der Waals surface area contributed by atoms with Gasteiger partial charge in [0.1, 0.15) is 11.3 Å². The van der Waals surface area contributed by atoms with Crippen LogP contribution in [-0.2, 0) is 14.3 Å². The molecule has 40 heavy (non-hydrogen) atoms. The van der Waals surface area contributed by atoms with Crippen LogP contribution in [0.5, 0.6) is 17.2 Å². The first-order chi connectivity index (χ1) is 19.4. The molecule has 0 aromatic heterocycles. The van der Waals surface area contributed by atoms with Crippen molar-refractivity contribution in [2.45, 2.75) is 53.0 Å². The van der Waals surface area contributed by atoms with Crippen molar-refractivity contribution in [2.75, 3.05) is 26.4 Å². The van der Waals surface area contributed by atoms with Gasteiger partial charge in [0.2, 0.25) is 0 Å². The van der Waals surface area contributed by atoms with Crippen LogP contribution in [0.25, 0.3) is 11.8 Å². The van der Waals surface area contributed by atoms with Gasteiger partial charge in [-0.15, -0.1) is 0 Å². The lowest BCUT2D eigenvalue weighted by molar-refractivity contribution is -0.137. The van der Waals surface area contributed by atoms with E-state index < -0.39 is 11.5 Å². The smallest absolute Gasteiger partial charge is 0.342 e. The number of amides is 1. The van der Waals surface area contributed by atoms with Gasteiger partial charge in [0.05, 0.1) is 42.7 Å². The number of hydrogen-bond acceptors (Lipinski definition) is 8. The van der Waals surface area contributed by atoms with E-state index in [-0.39, 0.29) is 18.1 Å². The molecule has 8 nitrogen and oxygen atoms in total. The number of thioether (sulfide) groups is 1. The quantitative estimate of drug-likeness (QED) is 0.170. The zero-order chi connectivity index (χ0) is 28.6. The highest BCUT2D eigenvalue weighted by molar-refractivity contribution is 8.05. The van der Waals surface area contributed by atoms with Crippen molar-refractivity contribution in [3.8, 4) is 17.2 Å². The molecule has 1 fully saturated rings. The zero-order valence-electron chi connectivity index (χ0n) is 23.7. The Balaban J connectivity index is 1.74. The SMILES string of the molecule is CCCCOc1ccc(C=C2SC3N=C(C)C(C(=O)OCC)=C(c4ccc(OCC)c(OCC)c4)N3C2=O)cc1. The van der Waals surface area contributed by atoms with Crippen molar-refractivity contribution in [3.05, 3.63) is 64.1 Å². The predicted octanol–water partition coefficient (Wildman–Crippen LogP) is 6.31. The summed E-state index contributed by atoms with van der Waals surface area (Å²) in [7, 11) is 0. The van der Waals surface area contributed by atoms with E-state index >= 15 is 0 Å². The van der Waals surface area contributed by atoms with Gasteiger partial charge in [0, 0.05) is 5.56 Å². The fourth-order valence-corrected chi connectivity index (χ4v) is 5.57. The molecular formula is C31H36N2O6S. The maximum Gasteiger partial charge on any atom is 0.342 e. The van der Waals surface area contributed by atoms with Crippen LogP contribution in [0.3, 0.4) is 0 Å². The first kappa shape index (κ1) is 29.3. The molecule has 0 bridgehead atoms. The Morgan fingerprint density at radius 2 is 1.70 bits per heavy atom. The van der Waals surface area contributed by atoms with Gasteiger partial charge in [0.15, 0.2) is 17.0 Å². The Kier molecular flexibility index (Phi) is 9.93. The third kappa shape index (κ3) is 6.36. The van der Waals surface area contributed by atoms with Crippen LogP contribution in [0.1, 0.15) is 58.6 Å². The summed E-state index contributed by atoms with van der Waals surface area (Å²) in [6.45, 7) is 11.2. The maximum atomic E-state index is 13.9. The van der Waals surface area contributed by atoms with Gasteiger partial charge < -0.3 is 18.9 Å². The van der Waals surface area contributed by atoms with E-state index in [2.05, 4.69) is 6.92 Å². The fourth-order valence-electron chi connectivity index (χ4n) is 4.43. The minimum Gasteiger partial charge on any atom is -0.494 e. The summed E-state index contributed by atoms with van der Waals surface area (Å²) in [6.07, 6.45) is 3.91. The predicted molar refractivity (Wildman–Crippen MR) is 158 cm³/mol. The molecule has 2 aliphatic heterocycles. The second-order valence-corrected chi connectivity index (χ2v) is 10.2. The van der Waals surface area contributed by atoms with Crippen LogP contribution in [0.2, 0.25) is 0 Å². The number of unbranched alkanes of at least 4 members (excludes halogenated alkanes) is 1. The number of ether oxygens (including phenoxy) is 4. The normalized spacial score (nSPS) is 17.6. The maximum absolute atomic E-state index is 13.9. The van der Waals surface area contributed by atoms with Gasteiger partial charge in [0.25, 0.3) is 5.91 Å². The molecule has 0 N–H and O–H groups in total. The number of benzene rings is 2. The molecule has 212 valence electrons. The van der Waals surface area contributed by atoms with Crippen molar-refractivity contribution in [2.24, 2.45) is 4.99 Å². The molecule has 0 aliphatic carbocycles. The average Bonchev–Trinajstić information content (AvgIpc) is 3.24. The highest BCUT2D eigenvalue weighted by atomic mass is 32.2. The van der Waals surface area contributed by atoms with Crippen LogP contribution in [0.15, 0.2) is 57.9 Å². The van der Waals surface area contributed by atoms with E-state index in [4.69, 9.17) is 23.9 Å². The third-order valence-electron chi connectivity index (χ3n) is 6.27. The molecule has 1 unspecified atom stereocenters. The molecule has 2 aliphatic rings. The Morgan fingerprint density at radius 1 is 0.975 bits per heavy atom. The first-order valence-electron chi connectivity index (χ1n) is 13.7. The highest BCUT2D eigenvalue weighted by Gasteiger charge is 2.44. The van der Waals surface area contributed by atoms with E-state index in [1.54, 1.807) is 30.9 Å². The summed E-state index contributed by atoms with van der Waals surface area (Å²) < 4.78 is 22.7. The minimum atomic E-state index is -0.550. The van der Waals surface area contributed by atoms with E-state index in [0.717, 1.165) is 24.2 Å². The Bertz CT molecular complexity index is 1330. The fraction of sp³-hybridized carbons (Fsp3) is 0.387. The summed E-state index contributed by atoms with van der Waals surface area (Å²) in [6, 6.07) is 13.1. The number of nitrogens with zero attached hydrogens (tertiary/aromatic N) is 2. The minimum absolute atomic E-state index is 0.200. The lowest BCUT2D eigenvalue weighted by atomic mass is 9.99. The van der Waals surface area contributed by atoms with Gasteiger partial charge in [-0.2, -0.15) is 0 Å². The molecular weight excluding hydrogens is 528 g/mol. The lowest BCUT2D eigenvalue weighted by Crippen LogP contribution is -2.37. The van der Waals surface area contributed by atoms with E-state index in [9.17, 15) is 9.59 Å². The van der Waals surface area contributed by atoms with Crippen molar-refractivity contribution in [3.63, 3.8) is 0 Å². The summed E-state index contributed by atoms with van der Waals surface area (Å²) >= 11 is 1.35. The molecule has 1 atom stereocenters. The molecule has 1 saturated heterocycles. The van der Waals surface area contributed by atoms with Crippen LogP contribution >= 0.6 is 11.8 Å².